The minimum atomic E-state index is -4.52. The molecule has 0 spiro atoms. The molecule has 2 N–H and O–H groups in total. The molecule has 0 fully saturated rings. The van der Waals surface area contributed by atoms with Gasteiger partial charge in [-0.2, -0.15) is 18.3 Å². The smallest absolute Gasteiger partial charge is 0.410 e. The van der Waals surface area contributed by atoms with E-state index in [1.54, 1.807) is 24.3 Å². The molecule has 29 heavy (non-hydrogen) atoms. The summed E-state index contributed by atoms with van der Waals surface area (Å²) in [5.41, 5.74) is 2.37. The lowest BCUT2D eigenvalue weighted by Crippen LogP contribution is -2.35. The van der Waals surface area contributed by atoms with Gasteiger partial charge in [0.1, 0.15) is 11.6 Å². The SMILES string of the molecule is Cc1cccc(NC(=O)c2cc3n(n2)[C@H](C(F)(F)F)C[C@@H](c2ccco2)N3)c1C. The number of aromatic nitrogens is 2. The van der Waals surface area contributed by atoms with Gasteiger partial charge in [0.15, 0.2) is 11.7 Å². The molecule has 1 aliphatic rings. The zero-order chi connectivity index (χ0) is 20.8. The first kappa shape index (κ1) is 19.1. The Labute approximate surface area is 164 Å². The molecule has 6 nitrogen and oxygen atoms in total. The fourth-order valence-corrected chi connectivity index (χ4v) is 3.43. The molecule has 9 heteroatoms. The van der Waals surface area contributed by atoms with Gasteiger partial charge in [-0.3, -0.25) is 4.79 Å². The molecule has 4 rings (SSSR count). The number of amides is 1. The summed E-state index contributed by atoms with van der Waals surface area (Å²) in [5, 5.41) is 9.67. The van der Waals surface area contributed by atoms with Gasteiger partial charge in [-0.25, -0.2) is 4.68 Å². The maximum absolute atomic E-state index is 13.7. The summed E-state index contributed by atoms with van der Waals surface area (Å²) in [6.07, 6.45) is -3.40. The van der Waals surface area contributed by atoms with E-state index in [1.807, 2.05) is 19.9 Å². The normalized spacial score (nSPS) is 18.8. The largest absolute Gasteiger partial charge is 0.467 e. The van der Waals surface area contributed by atoms with Crippen LogP contribution in [0.2, 0.25) is 0 Å². The molecule has 3 heterocycles. The van der Waals surface area contributed by atoms with E-state index in [0.29, 0.717) is 11.4 Å². The van der Waals surface area contributed by atoms with Gasteiger partial charge in [0.2, 0.25) is 0 Å². The Morgan fingerprint density at radius 1 is 1.28 bits per heavy atom. The summed E-state index contributed by atoms with van der Waals surface area (Å²) in [5.74, 6) is -0.0583. The van der Waals surface area contributed by atoms with Crippen LogP contribution in [0.25, 0.3) is 0 Å². The third kappa shape index (κ3) is 3.59. The van der Waals surface area contributed by atoms with Crippen molar-refractivity contribution in [2.75, 3.05) is 10.6 Å². The molecule has 0 saturated heterocycles. The number of anilines is 2. The first-order chi connectivity index (χ1) is 13.7. The first-order valence-electron chi connectivity index (χ1n) is 9.08. The van der Waals surface area contributed by atoms with E-state index in [0.717, 1.165) is 15.8 Å². The van der Waals surface area contributed by atoms with Gasteiger partial charge in [0, 0.05) is 18.2 Å². The minimum Gasteiger partial charge on any atom is -0.467 e. The van der Waals surface area contributed by atoms with E-state index in [2.05, 4.69) is 15.7 Å². The van der Waals surface area contributed by atoms with E-state index >= 15 is 0 Å². The van der Waals surface area contributed by atoms with Crippen molar-refractivity contribution < 1.29 is 22.4 Å². The first-order valence-corrected chi connectivity index (χ1v) is 9.08. The van der Waals surface area contributed by atoms with Crippen LogP contribution in [0.15, 0.2) is 47.1 Å². The number of furan rings is 1. The second-order valence-electron chi connectivity index (χ2n) is 7.07. The number of aryl methyl sites for hydroxylation is 1. The Morgan fingerprint density at radius 3 is 2.76 bits per heavy atom. The van der Waals surface area contributed by atoms with Gasteiger partial charge in [-0.1, -0.05) is 12.1 Å². The minimum absolute atomic E-state index is 0.0947. The molecule has 2 aromatic heterocycles. The number of alkyl halides is 3. The van der Waals surface area contributed by atoms with Crippen LogP contribution in [0, 0.1) is 13.8 Å². The van der Waals surface area contributed by atoms with Crippen molar-refractivity contribution in [1.82, 2.24) is 9.78 Å². The molecule has 152 valence electrons. The summed E-state index contributed by atoms with van der Waals surface area (Å²) in [6.45, 7) is 3.77. The van der Waals surface area contributed by atoms with Crippen LogP contribution >= 0.6 is 0 Å². The van der Waals surface area contributed by atoms with Crippen LogP contribution in [0.4, 0.5) is 24.7 Å². The van der Waals surface area contributed by atoms with Crippen molar-refractivity contribution in [3.05, 3.63) is 65.2 Å². The van der Waals surface area contributed by atoms with Gasteiger partial charge in [0.25, 0.3) is 5.91 Å². The van der Waals surface area contributed by atoms with Crippen LogP contribution in [-0.2, 0) is 0 Å². The lowest BCUT2D eigenvalue weighted by Gasteiger charge is -2.32. The highest BCUT2D eigenvalue weighted by atomic mass is 19.4. The van der Waals surface area contributed by atoms with Crippen LogP contribution in [0.3, 0.4) is 0 Å². The zero-order valence-corrected chi connectivity index (χ0v) is 15.7. The number of fused-ring (bicyclic) bond motifs is 1. The van der Waals surface area contributed by atoms with Crippen LogP contribution < -0.4 is 10.6 Å². The Bertz CT molecular complexity index is 1040. The molecule has 1 aliphatic heterocycles. The highest BCUT2D eigenvalue weighted by Gasteiger charge is 2.47. The second-order valence-corrected chi connectivity index (χ2v) is 7.07. The molecule has 0 bridgehead atoms. The highest BCUT2D eigenvalue weighted by molar-refractivity contribution is 6.03. The topological polar surface area (TPSA) is 72.1 Å². The lowest BCUT2D eigenvalue weighted by molar-refractivity contribution is -0.174. The fraction of sp³-hybridized carbons (Fsp3) is 0.300. The summed E-state index contributed by atoms with van der Waals surface area (Å²) in [4.78, 5) is 12.6. The Kier molecular flexibility index (Phi) is 4.60. The molecule has 0 saturated carbocycles. The zero-order valence-electron chi connectivity index (χ0n) is 15.7. The second kappa shape index (κ2) is 6.98. The van der Waals surface area contributed by atoms with E-state index in [-0.39, 0.29) is 17.9 Å². The number of benzene rings is 1. The van der Waals surface area contributed by atoms with Gasteiger partial charge in [-0.05, 0) is 43.2 Å². The maximum Gasteiger partial charge on any atom is 0.410 e. The van der Waals surface area contributed by atoms with Crippen molar-refractivity contribution in [3.63, 3.8) is 0 Å². The Balaban J connectivity index is 1.65. The predicted octanol–water partition coefficient (Wildman–Crippen LogP) is 5.01. The predicted molar refractivity (Wildman–Crippen MR) is 101 cm³/mol. The molecule has 0 radical (unpaired) electrons. The quantitative estimate of drug-likeness (QED) is 0.644. The number of nitrogens with zero attached hydrogens (tertiary/aromatic N) is 2. The molecule has 1 aromatic carbocycles. The van der Waals surface area contributed by atoms with Crippen LogP contribution in [0.1, 0.15) is 45.9 Å². The van der Waals surface area contributed by atoms with Crippen molar-refractivity contribution >= 4 is 17.4 Å². The molecular formula is C20H19F3N4O2. The van der Waals surface area contributed by atoms with Crippen LogP contribution in [0.5, 0.6) is 0 Å². The molecule has 2 atom stereocenters. The van der Waals surface area contributed by atoms with E-state index in [1.165, 1.54) is 12.3 Å². The molecule has 3 aromatic rings. The molecule has 1 amide bonds. The number of hydrogen-bond donors (Lipinski definition) is 2. The van der Waals surface area contributed by atoms with Crippen molar-refractivity contribution in [2.24, 2.45) is 0 Å². The number of halogens is 3. The lowest BCUT2D eigenvalue weighted by atomic mass is 10.0. The highest BCUT2D eigenvalue weighted by Crippen LogP contribution is 2.43. The summed E-state index contributed by atoms with van der Waals surface area (Å²) < 4.78 is 47.1. The third-order valence-electron chi connectivity index (χ3n) is 5.16. The van der Waals surface area contributed by atoms with Crippen LogP contribution in [-0.4, -0.2) is 21.9 Å². The average Bonchev–Trinajstić information content (AvgIpc) is 3.33. The maximum atomic E-state index is 13.7. The van der Waals surface area contributed by atoms with Gasteiger partial charge < -0.3 is 15.1 Å². The van der Waals surface area contributed by atoms with Gasteiger partial charge >= 0.3 is 6.18 Å². The number of nitrogens with one attached hydrogen (secondary N) is 2. The van der Waals surface area contributed by atoms with E-state index in [4.69, 9.17) is 4.42 Å². The standard InChI is InChI=1S/C20H19F3N4O2/c1-11-5-3-6-13(12(11)2)25-19(28)15-10-18-24-14(16-7-4-8-29-16)9-17(20(21,22)23)27(18)26-15/h3-8,10,14,17,24H,9H2,1-2H3,(H,25,28)/t14-,17-/m0/s1. The summed E-state index contributed by atoms with van der Waals surface area (Å²) in [6, 6.07) is 7.47. The Hall–Kier alpha value is -3.23. The van der Waals surface area contributed by atoms with Crippen molar-refractivity contribution in [2.45, 2.75) is 38.5 Å². The number of carbonyl (C=O) groups excluding carboxylic acids is 1. The van der Waals surface area contributed by atoms with E-state index in [9.17, 15) is 18.0 Å². The number of carbonyl (C=O) groups is 1. The molecule has 0 aliphatic carbocycles. The van der Waals surface area contributed by atoms with Crippen molar-refractivity contribution in [1.29, 1.82) is 0 Å². The number of hydrogen-bond acceptors (Lipinski definition) is 4. The third-order valence-corrected chi connectivity index (χ3v) is 5.16. The van der Waals surface area contributed by atoms with Crippen molar-refractivity contribution in [3.8, 4) is 0 Å². The molecular weight excluding hydrogens is 385 g/mol. The Morgan fingerprint density at radius 2 is 2.07 bits per heavy atom. The summed E-state index contributed by atoms with van der Waals surface area (Å²) in [7, 11) is 0. The summed E-state index contributed by atoms with van der Waals surface area (Å²) >= 11 is 0. The average molecular weight is 404 g/mol. The number of rotatable bonds is 3. The van der Waals surface area contributed by atoms with Gasteiger partial charge in [0.05, 0.1) is 12.3 Å². The molecule has 0 unspecified atom stereocenters. The monoisotopic (exact) mass is 404 g/mol. The fourth-order valence-electron chi connectivity index (χ4n) is 3.43. The van der Waals surface area contributed by atoms with E-state index < -0.39 is 24.2 Å². The van der Waals surface area contributed by atoms with Gasteiger partial charge in [-0.15, -0.1) is 0 Å².